The Labute approximate surface area is 132 Å². The Bertz CT molecular complexity index is 362. The summed E-state index contributed by atoms with van der Waals surface area (Å²) in [6, 6.07) is -1.35. The standard InChI is InChI=1S/C15H28N2O3S/c1-15(2,21)12(14(19)20)17-13(18)11(16-3)9-10-7-5-4-6-8-10/h10-12,16,21H,4-9H2,1-3H3,(H,17,18)(H,19,20)/t11-,12-/m0/s1. The van der Waals surface area contributed by atoms with E-state index in [1.165, 1.54) is 19.3 Å². The van der Waals surface area contributed by atoms with Crippen LogP contribution in [0, 0.1) is 5.92 Å². The highest BCUT2D eigenvalue weighted by Crippen LogP contribution is 2.27. The number of likely N-dealkylation sites (N-methyl/N-ethyl adjacent to an activating group) is 1. The van der Waals surface area contributed by atoms with Crippen LogP contribution >= 0.6 is 12.6 Å². The van der Waals surface area contributed by atoms with E-state index in [2.05, 4.69) is 23.3 Å². The lowest BCUT2D eigenvalue weighted by Gasteiger charge is -2.30. The molecule has 0 saturated heterocycles. The zero-order valence-corrected chi connectivity index (χ0v) is 14.1. The molecule has 3 N–H and O–H groups in total. The van der Waals surface area contributed by atoms with E-state index in [9.17, 15) is 14.7 Å². The Morgan fingerprint density at radius 3 is 2.29 bits per heavy atom. The van der Waals surface area contributed by atoms with Crippen LogP contribution in [-0.4, -0.2) is 40.9 Å². The van der Waals surface area contributed by atoms with Crippen molar-refractivity contribution in [1.29, 1.82) is 0 Å². The molecule has 6 heteroatoms. The van der Waals surface area contributed by atoms with Crippen LogP contribution in [0.5, 0.6) is 0 Å². The summed E-state index contributed by atoms with van der Waals surface area (Å²) in [6.07, 6.45) is 6.82. The summed E-state index contributed by atoms with van der Waals surface area (Å²) in [5.41, 5.74) is 0. The van der Waals surface area contributed by atoms with Crippen molar-refractivity contribution in [3.05, 3.63) is 0 Å². The van der Waals surface area contributed by atoms with Gasteiger partial charge in [0.1, 0.15) is 6.04 Å². The number of hydrogen-bond donors (Lipinski definition) is 4. The van der Waals surface area contributed by atoms with Gasteiger partial charge in [-0.15, -0.1) is 0 Å². The van der Waals surface area contributed by atoms with Gasteiger partial charge in [-0.1, -0.05) is 32.1 Å². The van der Waals surface area contributed by atoms with Crippen LogP contribution < -0.4 is 10.6 Å². The van der Waals surface area contributed by atoms with E-state index in [4.69, 9.17) is 0 Å². The predicted molar refractivity (Wildman–Crippen MR) is 86.7 cm³/mol. The largest absolute Gasteiger partial charge is 0.480 e. The molecule has 1 fully saturated rings. The highest BCUT2D eigenvalue weighted by Gasteiger charge is 2.35. The third kappa shape index (κ3) is 5.87. The van der Waals surface area contributed by atoms with E-state index in [0.29, 0.717) is 5.92 Å². The summed E-state index contributed by atoms with van der Waals surface area (Å²) < 4.78 is -0.815. The fourth-order valence-corrected chi connectivity index (χ4v) is 3.07. The summed E-state index contributed by atoms with van der Waals surface area (Å²) in [6.45, 7) is 3.37. The number of amides is 1. The average molecular weight is 316 g/mol. The van der Waals surface area contributed by atoms with E-state index in [1.807, 2.05) is 0 Å². The van der Waals surface area contributed by atoms with E-state index in [-0.39, 0.29) is 11.9 Å². The van der Waals surface area contributed by atoms with Crippen LogP contribution in [-0.2, 0) is 9.59 Å². The van der Waals surface area contributed by atoms with Gasteiger partial charge in [0.25, 0.3) is 0 Å². The van der Waals surface area contributed by atoms with Gasteiger partial charge in [0.05, 0.1) is 6.04 Å². The molecule has 122 valence electrons. The minimum absolute atomic E-state index is 0.252. The van der Waals surface area contributed by atoms with Crippen LogP contribution in [0.15, 0.2) is 0 Å². The van der Waals surface area contributed by atoms with Crippen molar-refractivity contribution in [2.24, 2.45) is 5.92 Å². The highest BCUT2D eigenvalue weighted by molar-refractivity contribution is 7.81. The Morgan fingerprint density at radius 1 is 1.29 bits per heavy atom. The summed E-state index contributed by atoms with van der Waals surface area (Å²) in [4.78, 5) is 23.6. The molecule has 0 radical (unpaired) electrons. The highest BCUT2D eigenvalue weighted by atomic mass is 32.1. The molecule has 0 aromatic carbocycles. The summed E-state index contributed by atoms with van der Waals surface area (Å²) in [7, 11) is 1.74. The van der Waals surface area contributed by atoms with E-state index in [0.717, 1.165) is 19.3 Å². The Kier molecular flexibility index (Phi) is 7.00. The SMILES string of the molecule is CN[C@@H](CC1CCCCC1)C(=O)N[C@@H](C(=O)O)C(C)(C)S. The molecule has 0 heterocycles. The van der Waals surface area contributed by atoms with Gasteiger partial charge in [0.15, 0.2) is 0 Å². The molecule has 0 bridgehead atoms. The number of hydrogen-bond acceptors (Lipinski definition) is 4. The second-order valence-electron chi connectivity index (χ2n) is 6.51. The molecule has 21 heavy (non-hydrogen) atoms. The molecule has 2 atom stereocenters. The lowest BCUT2D eigenvalue weighted by molar-refractivity contribution is -0.142. The van der Waals surface area contributed by atoms with Gasteiger partial charge in [0, 0.05) is 4.75 Å². The fraction of sp³-hybridized carbons (Fsp3) is 0.867. The number of carbonyl (C=O) groups excluding carboxylic acids is 1. The van der Waals surface area contributed by atoms with Crippen molar-refractivity contribution in [3.63, 3.8) is 0 Å². The molecule has 1 aliphatic carbocycles. The minimum atomic E-state index is -1.06. The lowest BCUT2D eigenvalue weighted by Crippen LogP contribution is -2.56. The van der Waals surface area contributed by atoms with Crippen LogP contribution in [0.2, 0.25) is 0 Å². The van der Waals surface area contributed by atoms with Crippen molar-refractivity contribution in [3.8, 4) is 0 Å². The third-order valence-corrected chi connectivity index (χ3v) is 4.46. The Hall–Kier alpha value is -0.750. The second-order valence-corrected chi connectivity index (χ2v) is 7.67. The van der Waals surface area contributed by atoms with Crippen LogP contribution in [0.25, 0.3) is 0 Å². The summed E-state index contributed by atoms with van der Waals surface area (Å²) in [5, 5.41) is 14.9. The molecular formula is C15H28N2O3S. The van der Waals surface area contributed by atoms with Crippen LogP contribution in [0.1, 0.15) is 52.4 Å². The number of carboxylic acids is 1. The van der Waals surface area contributed by atoms with Crippen LogP contribution in [0.3, 0.4) is 0 Å². The topological polar surface area (TPSA) is 78.4 Å². The molecule has 0 aliphatic heterocycles. The lowest BCUT2D eigenvalue weighted by atomic mass is 9.84. The number of nitrogens with one attached hydrogen (secondary N) is 2. The molecule has 0 aromatic heterocycles. The summed E-state index contributed by atoms with van der Waals surface area (Å²) in [5.74, 6) is -0.761. The van der Waals surface area contributed by atoms with Crippen molar-refractivity contribution in [2.75, 3.05) is 7.05 Å². The molecular weight excluding hydrogens is 288 g/mol. The maximum atomic E-state index is 12.3. The van der Waals surface area contributed by atoms with Gasteiger partial charge in [-0.2, -0.15) is 12.6 Å². The smallest absolute Gasteiger partial charge is 0.327 e. The van der Waals surface area contributed by atoms with E-state index in [1.54, 1.807) is 20.9 Å². The molecule has 5 nitrogen and oxygen atoms in total. The number of carboxylic acid groups (broad SMARTS) is 1. The number of carbonyl (C=O) groups is 2. The Balaban J connectivity index is 2.62. The molecule has 1 saturated carbocycles. The van der Waals surface area contributed by atoms with Gasteiger partial charge in [-0.05, 0) is 33.2 Å². The van der Waals surface area contributed by atoms with Gasteiger partial charge >= 0.3 is 5.97 Å². The third-order valence-electron chi connectivity index (χ3n) is 4.20. The van der Waals surface area contributed by atoms with Gasteiger partial charge < -0.3 is 15.7 Å². The normalized spacial score (nSPS) is 19.8. The molecule has 1 aliphatic rings. The molecule has 0 aromatic rings. The number of thiol groups is 1. The maximum absolute atomic E-state index is 12.3. The Morgan fingerprint density at radius 2 is 1.86 bits per heavy atom. The van der Waals surface area contributed by atoms with Crippen LogP contribution in [0.4, 0.5) is 0 Å². The average Bonchev–Trinajstić information content (AvgIpc) is 2.41. The van der Waals surface area contributed by atoms with Gasteiger partial charge in [-0.25, -0.2) is 4.79 Å². The van der Waals surface area contributed by atoms with Gasteiger partial charge in [0.2, 0.25) is 5.91 Å². The summed E-state index contributed by atoms with van der Waals surface area (Å²) >= 11 is 4.28. The first kappa shape index (κ1) is 18.3. The fourth-order valence-electron chi connectivity index (χ4n) is 2.90. The van der Waals surface area contributed by atoms with E-state index >= 15 is 0 Å². The number of rotatable bonds is 7. The quantitative estimate of drug-likeness (QED) is 0.540. The zero-order valence-electron chi connectivity index (χ0n) is 13.2. The van der Waals surface area contributed by atoms with Crippen molar-refractivity contribution < 1.29 is 14.7 Å². The van der Waals surface area contributed by atoms with Gasteiger partial charge in [-0.3, -0.25) is 4.79 Å². The monoisotopic (exact) mass is 316 g/mol. The first-order valence-corrected chi connectivity index (χ1v) is 8.13. The first-order valence-electron chi connectivity index (χ1n) is 7.68. The molecule has 1 amide bonds. The predicted octanol–water partition coefficient (Wildman–Crippen LogP) is 1.82. The zero-order chi connectivity index (χ0) is 16.0. The van der Waals surface area contributed by atoms with Crippen molar-refractivity contribution >= 4 is 24.5 Å². The number of aliphatic carboxylic acids is 1. The van der Waals surface area contributed by atoms with E-state index < -0.39 is 16.8 Å². The molecule has 0 spiro atoms. The molecule has 1 rings (SSSR count). The van der Waals surface area contributed by atoms with Crippen molar-refractivity contribution in [2.45, 2.75) is 69.2 Å². The minimum Gasteiger partial charge on any atom is -0.480 e. The molecule has 0 unspecified atom stereocenters. The first-order chi connectivity index (χ1) is 9.75. The van der Waals surface area contributed by atoms with Crippen molar-refractivity contribution in [1.82, 2.24) is 10.6 Å². The second kappa shape index (κ2) is 8.03. The maximum Gasteiger partial charge on any atom is 0.327 e.